The summed E-state index contributed by atoms with van der Waals surface area (Å²) in [5.74, 6) is -0.997. The lowest BCUT2D eigenvalue weighted by molar-refractivity contribution is -0.167. The molecule has 0 aromatic heterocycles. The summed E-state index contributed by atoms with van der Waals surface area (Å²) in [7, 11) is 0. The van der Waals surface area contributed by atoms with Crippen molar-refractivity contribution in [3.05, 3.63) is 72.9 Å². The molecule has 0 aliphatic heterocycles. The van der Waals surface area contributed by atoms with Crippen molar-refractivity contribution in [3.63, 3.8) is 0 Å². The zero-order chi connectivity index (χ0) is 44.4. The number of unbranched alkanes of at least 4 members (excludes halogenated alkanes) is 23. The summed E-state index contributed by atoms with van der Waals surface area (Å²) in [6.07, 6.45) is 61.8. The molecule has 0 spiro atoms. The van der Waals surface area contributed by atoms with E-state index in [-0.39, 0.29) is 37.5 Å². The molecule has 0 heterocycles. The molecule has 6 heteroatoms. The van der Waals surface area contributed by atoms with Crippen LogP contribution >= 0.6 is 0 Å². The first-order chi connectivity index (χ1) is 30.0. The highest BCUT2D eigenvalue weighted by Crippen LogP contribution is 2.13. The van der Waals surface area contributed by atoms with Crippen molar-refractivity contribution >= 4 is 17.9 Å². The van der Waals surface area contributed by atoms with Crippen molar-refractivity contribution in [2.45, 2.75) is 245 Å². The van der Waals surface area contributed by atoms with Crippen molar-refractivity contribution in [2.24, 2.45) is 0 Å². The number of carbonyl (C=O) groups is 3. The van der Waals surface area contributed by atoms with Crippen LogP contribution in [0.4, 0.5) is 0 Å². The van der Waals surface area contributed by atoms with E-state index in [1.54, 1.807) is 0 Å². The maximum absolute atomic E-state index is 12.8. The summed E-state index contributed by atoms with van der Waals surface area (Å²) in [5, 5.41) is 0. The minimum atomic E-state index is -0.809. The van der Waals surface area contributed by atoms with E-state index < -0.39 is 6.10 Å². The number of ether oxygens (including phenoxy) is 3. The van der Waals surface area contributed by atoms with E-state index in [0.717, 1.165) is 89.9 Å². The van der Waals surface area contributed by atoms with E-state index in [1.807, 2.05) is 0 Å². The fourth-order valence-electron chi connectivity index (χ4n) is 6.86. The highest BCUT2D eigenvalue weighted by Gasteiger charge is 2.19. The third kappa shape index (κ3) is 47.7. The van der Waals surface area contributed by atoms with E-state index in [2.05, 4.69) is 93.7 Å². The van der Waals surface area contributed by atoms with Crippen molar-refractivity contribution < 1.29 is 28.6 Å². The number of hydrogen-bond donors (Lipinski definition) is 0. The molecule has 0 aliphatic carbocycles. The van der Waals surface area contributed by atoms with Gasteiger partial charge in [-0.2, -0.15) is 0 Å². The average Bonchev–Trinajstić information content (AvgIpc) is 3.26. The number of carbonyl (C=O) groups excluding carboxylic acids is 3. The van der Waals surface area contributed by atoms with Gasteiger partial charge < -0.3 is 14.2 Å². The summed E-state index contributed by atoms with van der Waals surface area (Å²) in [5.41, 5.74) is 0. The average molecular weight is 851 g/mol. The molecule has 0 fully saturated rings. The maximum Gasteiger partial charge on any atom is 0.306 e. The first kappa shape index (κ1) is 57.9. The Morgan fingerprint density at radius 1 is 0.361 bits per heavy atom. The van der Waals surface area contributed by atoms with Crippen LogP contribution in [0.5, 0.6) is 0 Å². The summed E-state index contributed by atoms with van der Waals surface area (Å²) in [4.78, 5) is 37.9. The molecule has 1 atom stereocenters. The van der Waals surface area contributed by atoms with Crippen LogP contribution < -0.4 is 0 Å². The van der Waals surface area contributed by atoms with E-state index in [0.29, 0.717) is 19.3 Å². The zero-order valence-electron chi connectivity index (χ0n) is 39.9. The molecule has 6 nitrogen and oxygen atoms in total. The molecule has 0 radical (unpaired) electrons. The second kappa shape index (κ2) is 49.5. The molecule has 0 saturated heterocycles. The van der Waals surface area contributed by atoms with Crippen LogP contribution in [0.2, 0.25) is 0 Å². The standard InChI is InChI=1S/C55H94O6/c1-4-7-10-13-16-19-22-24-26-28-30-33-36-39-42-45-48-54(57)60-51-52(50-59-53(56)47-44-41-38-35-32-21-18-15-12-9-6-3)61-55(58)49-46-43-40-37-34-31-29-27-25-23-20-17-14-11-8-5-2/h9,12,18,21,26-30,33,35,38,52H,4-8,10-11,13-17,19-20,22-25,31-32,34,36-37,39-51H2,1-3H3/b12-9-,21-18-,28-26-,29-27-,33-30-,38-35-. The van der Waals surface area contributed by atoms with Gasteiger partial charge in [0.15, 0.2) is 6.10 Å². The van der Waals surface area contributed by atoms with Gasteiger partial charge in [0.25, 0.3) is 0 Å². The van der Waals surface area contributed by atoms with Gasteiger partial charge in [-0.15, -0.1) is 0 Å². The van der Waals surface area contributed by atoms with Crippen LogP contribution in [0.15, 0.2) is 72.9 Å². The zero-order valence-corrected chi connectivity index (χ0v) is 39.9. The molecule has 0 aromatic rings. The fraction of sp³-hybridized carbons (Fsp3) is 0.727. The van der Waals surface area contributed by atoms with Gasteiger partial charge in [-0.25, -0.2) is 0 Å². The SMILES string of the molecule is CC/C=C\C/C=C\C/C=C\CCCC(=O)OCC(COC(=O)CCCCC/C=C\C=C/CCCCCCCCC)OC(=O)CCCCCCC/C=C\CCCCCCCCC. The molecule has 1 unspecified atom stereocenters. The Labute approximate surface area is 376 Å². The molecule has 0 amide bonds. The van der Waals surface area contributed by atoms with Gasteiger partial charge in [0.1, 0.15) is 13.2 Å². The molecule has 0 rings (SSSR count). The predicted octanol–water partition coefficient (Wildman–Crippen LogP) is 16.6. The summed E-state index contributed by atoms with van der Waals surface area (Å²) in [6, 6.07) is 0. The lowest BCUT2D eigenvalue weighted by atomic mass is 10.1. The highest BCUT2D eigenvalue weighted by atomic mass is 16.6. The molecule has 0 aliphatic rings. The van der Waals surface area contributed by atoms with Gasteiger partial charge in [0.2, 0.25) is 0 Å². The Kier molecular flexibility index (Phi) is 46.9. The van der Waals surface area contributed by atoms with E-state index >= 15 is 0 Å². The third-order valence-corrected chi connectivity index (χ3v) is 10.7. The number of esters is 3. The molecule has 0 aromatic carbocycles. The fourth-order valence-corrected chi connectivity index (χ4v) is 6.86. The number of allylic oxidation sites excluding steroid dienone is 12. The second-order valence-corrected chi connectivity index (χ2v) is 16.7. The summed E-state index contributed by atoms with van der Waals surface area (Å²) in [6.45, 7) is 6.43. The largest absolute Gasteiger partial charge is 0.462 e. The number of rotatable bonds is 45. The van der Waals surface area contributed by atoms with Crippen LogP contribution in [0, 0.1) is 0 Å². The van der Waals surface area contributed by atoms with Crippen LogP contribution in [0.3, 0.4) is 0 Å². The Bertz CT molecular complexity index is 1160. The molecular weight excluding hydrogens is 757 g/mol. The van der Waals surface area contributed by atoms with Crippen molar-refractivity contribution in [3.8, 4) is 0 Å². The first-order valence-electron chi connectivity index (χ1n) is 25.5. The Morgan fingerprint density at radius 3 is 1.20 bits per heavy atom. The quantitative estimate of drug-likeness (QED) is 0.0200. The van der Waals surface area contributed by atoms with Crippen molar-refractivity contribution in [1.29, 1.82) is 0 Å². The minimum Gasteiger partial charge on any atom is -0.462 e. The van der Waals surface area contributed by atoms with Crippen LogP contribution in [-0.2, 0) is 28.6 Å². The monoisotopic (exact) mass is 851 g/mol. The maximum atomic E-state index is 12.8. The number of hydrogen-bond acceptors (Lipinski definition) is 6. The van der Waals surface area contributed by atoms with Gasteiger partial charge in [-0.1, -0.05) is 196 Å². The molecule has 0 saturated carbocycles. The predicted molar refractivity (Wildman–Crippen MR) is 261 cm³/mol. The summed E-state index contributed by atoms with van der Waals surface area (Å²) >= 11 is 0. The second-order valence-electron chi connectivity index (χ2n) is 16.7. The van der Waals surface area contributed by atoms with E-state index in [9.17, 15) is 14.4 Å². The molecule has 350 valence electrons. The van der Waals surface area contributed by atoms with E-state index in [4.69, 9.17) is 14.2 Å². The van der Waals surface area contributed by atoms with Gasteiger partial charge in [-0.3, -0.25) is 14.4 Å². The summed E-state index contributed by atoms with van der Waals surface area (Å²) < 4.78 is 16.7. The van der Waals surface area contributed by atoms with Crippen LogP contribution in [0.25, 0.3) is 0 Å². The molecule has 0 bridgehead atoms. The first-order valence-corrected chi connectivity index (χ1v) is 25.5. The van der Waals surface area contributed by atoms with Gasteiger partial charge >= 0.3 is 17.9 Å². The van der Waals surface area contributed by atoms with Gasteiger partial charge in [0.05, 0.1) is 0 Å². The van der Waals surface area contributed by atoms with Gasteiger partial charge in [-0.05, 0) is 96.3 Å². The lowest BCUT2D eigenvalue weighted by Gasteiger charge is -2.18. The lowest BCUT2D eigenvalue weighted by Crippen LogP contribution is -2.30. The van der Waals surface area contributed by atoms with Crippen LogP contribution in [-0.4, -0.2) is 37.2 Å². The molecule has 0 N–H and O–H groups in total. The smallest absolute Gasteiger partial charge is 0.306 e. The topological polar surface area (TPSA) is 78.9 Å². The molecule has 61 heavy (non-hydrogen) atoms. The Balaban J connectivity index is 4.47. The van der Waals surface area contributed by atoms with E-state index in [1.165, 1.54) is 103 Å². The molecular formula is C55H94O6. The normalized spacial score (nSPS) is 12.6. The van der Waals surface area contributed by atoms with Crippen molar-refractivity contribution in [2.75, 3.05) is 13.2 Å². The third-order valence-electron chi connectivity index (χ3n) is 10.7. The Morgan fingerprint density at radius 2 is 0.705 bits per heavy atom. The van der Waals surface area contributed by atoms with Gasteiger partial charge in [0, 0.05) is 19.3 Å². The minimum absolute atomic E-state index is 0.108. The highest BCUT2D eigenvalue weighted by molar-refractivity contribution is 5.71. The Hall–Kier alpha value is -3.15. The van der Waals surface area contributed by atoms with Crippen molar-refractivity contribution in [1.82, 2.24) is 0 Å². The van der Waals surface area contributed by atoms with Crippen LogP contribution in [0.1, 0.15) is 239 Å².